The van der Waals surface area contributed by atoms with Gasteiger partial charge in [-0.25, -0.2) is 0 Å². The van der Waals surface area contributed by atoms with Crippen LogP contribution < -0.4 is 15.4 Å². The van der Waals surface area contributed by atoms with Gasteiger partial charge >= 0.3 is 0 Å². The van der Waals surface area contributed by atoms with Crippen molar-refractivity contribution in [2.24, 2.45) is 11.8 Å². The van der Waals surface area contributed by atoms with Crippen molar-refractivity contribution in [2.45, 2.75) is 39.2 Å². The fraction of sp³-hybridized carbons (Fsp3) is 0.600. The summed E-state index contributed by atoms with van der Waals surface area (Å²) in [5.74, 6) is 1.71. The molecule has 0 spiro atoms. The molecular formula is C20H31N3O3. The van der Waals surface area contributed by atoms with E-state index in [1.807, 2.05) is 0 Å². The Bertz CT molecular complexity index is 603. The van der Waals surface area contributed by atoms with E-state index in [4.69, 9.17) is 4.74 Å². The van der Waals surface area contributed by atoms with Gasteiger partial charge in [0, 0.05) is 11.7 Å². The van der Waals surface area contributed by atoms with E-state index in [0.717, 1.165) is 18.6 Å². The summed E-state index contributed by atoms with van der Waals surface area (Å²) in [7, 11) is 3.38. The largest absolute Gasteiger partial charge is 0.497 e. The fourth-order valence-corrected chi connectivity index (χ4v) is 3.46. The van der Waals surface area contributed by atoms with Crippen molar-refractivity contribution in [3.8, 4) is 5.75 Å². The van der Waals surface area contributed by atoms with Crippen molar-refractivity contribution < 1.29 is 14.3 Å². The number of nitrogens with zero attached hydrogens (tertiary/aromatic N) is 1. The number of carbonyl (C=O) groups is 2. The van der Waals surface area contributed by atoms with Gasteiger partial charge in [0.15, 0.2) is 0 Å². The Morgan fingerprint density at radius 3 is 2.42 bits per heavy atom. The van der Waals surface area contributed by atoms with Crippen LogP contribution in [-0.2, 0) is 9.59 Å². The third-order valence-corrected chi connectivity index (χ3v) is 5.25. The maximum atomic E-state index is 12.3. The summed E-state index contributed by atoms with van der Waals surface area (Å²) in [6.45, 7) is 4.84. The Labute approximate surface area is 156 Å². The molecular weight excluding hydrogens is 330 g/mol. The van der Waals surface area contributed by atoms with E-state index in [2.05, 4.69) is 24.5 Å². The molecule has 3 atom stereocenters. The van der Waals surface area contributed by atoms with Crippen LogP contribution in [0.2, 0.25) is 0 Å². The highest BCUT2D eigenvalue weighted by Crippen LogP contribution is 2.29. The first-order chi connectivity index (χ1) is 12.4. The minimum Gasteiger partial charge on any atom is -0.497 e. The zero-order chi connectivity index (χ0) is 19.1. The van der Waals surface area contributed by atoms with Crippen molar-refractivity contribution in [1.29, 1.82) is 0 Å². The highest BCUT2D eigenvalue weighted by Gasteiger charge is 2.28. The summed E-state index contributed by atoms with van der Waals surface area (Å²) in [6.07, 6.45) is 3.44. The van der Waals surface area contributed by atoms with Crippen LogP contribution in [0, 0.1) is 11.8 Å². The van der Waals surface area contributed by atoms with E-state index < -0.39 is 0 Å². The lowest BCUT2D eigenvalue weighted by molar-refractivity contribution is -0.124. The van der Waals surface area contributed by atoms with Crippen molar-refractivity contribution >= 4 is 17.5 Å². The van der Waals surface area contributed by atoms with Gasteiger partial charge in [0.05, 0.1) is 20.2 Å². The molecule has 0 unspecified atom stereocenters. The molecule has 144 valence electrons. The average Bonchev–Trinajstić information content (AvgIpc) is 2.59. The fourth-order valence-electron chi connectivity index (χ4n) is 3.46. The van der Waals surface area contributed by atoms with Crippen LogP contribution in [0.15, 0.2) is 24.3 Å². The summed E-state index contributed by atoms with van der Waals surface area (Å²) < 4.78 is 5.09. The van der Waals surface area contributed by atoms with Crippen molar-refractivity contribution in [1.82, 2.24) is 10.2 Å². The third-order valence-electron chi connectivity index (χ3n) is 5.25. The number of methoxy groups -OCH3 is 1. The Hall–Kier alpha value is -2.08. The number of rotatable bonds is 7. The third kappa shape index (κ3) is 6.02. The molecule has 6 nitrogen and oxygen atoms in total. The van der Waals surface area contributed by atoms with Gasteiger partial charge in [-0.1, -0.05) is 26.7 Å². The standard InChI is InChI=1S/C20H31N3O3/c1-14-6-5-7-18(15(14)2)22-20(25)13-23(3)12-19(24)21-16-8-10-17(26-4)11-9-16/h8-11,14-15,18H,5-7,12-13H2,1-4H3,(H,21,24)(H,22,25)/t14-,15-,18-/m1/s1. The zero-order valence-corrected chi connectivity index (χ0v) is 16.2. The molecule has 0 aromatic heterocycles. The molecule has 1 aliphatic carbocycles. The Balaban J connectivity index is 1.75. The summed E-state index contributed by atoms with van der Waals surface area (Å²) in [5.41, 5.74) is 0.707. The van der Waals surface area contributed by atoms with Crippen molar-refractivity contribution in [3.63, 3.8) is 0 Å². The summed E-state index contributed by atoms with van der Waals surface area (Å²) >= 11 is 0. The maximum Gasteiger partial charge on any atom is 0.238 e. The van der Waals surface area contributed by atoms with Crippen LogP contribution >= 0.6 is 0 Å². The van der Waals surface area contributed by atoms with E-state index in [0.29, 0.717) is 17.5 Å². The lowest BCUT2D eigenvalue weighted by Gasteiger charge is -2.34. The summed E-state index contributed by atoms with van der Waals surface area (Å²) in [5, 5.41) is 5.96. The molecule has 0 heterocycles. The van der Waals surface area contributed by atoms with Crippen LogP contribution in [0.5, 0.6) is 5.75 Å². The van der Waals surface area contributed by atoms with Gasteiger partial charge in [-0.05, 0) is 49.6 Å². The predicted octanol–water partition coefficient (Wildman–Crippen LogP) is 2.51. The Kier molecular flexibility index (Phi) is 7.45. The number of carbonyl (C=O) groups excluding carboxylic acids is 2. The first-order valence-electron chi connectivity index (χ1n) is 9.31. The number of hydrogen-bond donors (Lipinski definition) is 2. The molecule has 0 aliphatic heterocycles. The lowest BCUT2D eigenvalue weighted by atomic mass is 9.78. The van der Waals surface area contributed by atoms with Gasteiger partial charge in [-0.15, -0.1) is 0 Å². The van der Waals surface area contributed by atoms with Crippen LogP contribution in [0.1, 0.15) is 33.1 Å². The molecule has 0 radical (unpaired) electrons. The highest BCUT2D eigenvalue weighted by atomic mass is 16.5. The number of amides is 2. The normalized spacial score (nSPS) is 22.7. The monoisotopic (exact) mass is 361 g/mol. The van der Waals surface area contributed by atoms with Crippen molar-refractivity contribution in [2.75, 3.05) is 32.6 Å². The van der Waals surface area contributed by atoms with Gasteiger partial charge in [0.2, 0.25) is 11.8 Å². The average molecular weight is 361 g/mol. The number of ether oxygens (including phenoxy) is 1. The van der Waals surface area contributed by atoms with Crippen molar-refractivity contribution in [3.05, 3.63) is 24.3 Å². The first kappa shape index (κ1) is 20.2. The Morgan fingerprint density at radius 1 is 1.12 bits per heavy atom. The highest BCUT2D eigenvalue weighted by molar-refractivity contribution is 5.92. The van der Waals surface area contributed by atoms with E-state index in [1.54, 1.807) is 43.3 Å². The molecule has 1 aromatic carbocycles. The van der Waals surface area contributed by atoms with E-state index in [9.17, 15) is 9.59 Å². The molecule has 1 aliphatic rings. The second-order valence-electron chi connectivity index (χ2n) is 7.39. The summed E-state index contributed by atoms with van der Waals surface area (Å²) in [4.78, 5) is 26.1. The topological polar surface area (TPSA) is 70.7 Å². The maximum absolute atomic E-state index is 12.3. The van der Waals surface area contributed by atoms with Gasteiger partial charge in [-0.2, -0.15) is 0 Å². The molecule has 26 heavy (non-hydrogen) atoms. The SMILES string of the molecule is COc1ccc(NC(=O)CN(C)CC(=O)N[C@@H]2CCC[C@@H](C)[C@H]2C)cc1. The quantitative estimate of drug-likeness (QED) is 0.783. The van der Waals surface area contributed by atoms with Gasteiger partial charge in [0.25, 0.3) is 0 Å². The van der Waals surface area contributed by atoms with Crippen LogP contribution in [0.4, 0.5) is 5.69 Å². The van der Waals surface area contributed by atoms with E-state index in [-0.39, 0.29) is 30.9 Å². The minimum atomic E-state index is -0.148. The molecule has 2 rings (SSSR count). The molecule has 1 aromatic rings. The van der Waals surface area contributed by atoms with Gasteiger partial charge < -0.3 is 15.4 Å². The predicted molar refractivity (Wildman–Crippen MR) is 103 cm³/mol. The number of nitrogens with one attached hydrogen (secondary N) is 2. The molecule has 0 bridgehead atoms. The molecule has 1 fully saturated rings. The van der Waals surface area contributed by atoms with E-state index in [1.165, 1.54) is 6.42 Å². The molecule has 6 heteroatoms. The van der Waals surface area contributed by atoms with Gasteiger partial charge in [-0.3, -0.25) is 14.5 Å². The molecule has 2 N–H and O–H groups in total. The van der Waals surface area contributed by atoms with Gasteiger partial charge in [0.1, 0.15) is 5.75 Å². The van der Waals surface area contributed by atoms with E-state index >= 15 is 0 Å². The van der Waals surface area contributed by atoms with Crippen LogP contribution in [0.3, 0.4) is 0 Å². The second kappa shape index (κ2) is 9.57. The summed E-state index contributed by atoms with van der Waals surface area (Å²) in [6, 6.07) is 7.40. The second-order valence-corrected chi connectivity index (χ2v) is 7.39. The number of anilines is 1. The lowest BCUT2D eigenvalue weighted by Crippen LogP contribution is -2.47. The number of hydrogen-bond acceptors (Lipinski definition) is 4. The molecule has 2 amide bonds. The van der Waals surface area contributed by atoms with Crippen LogP contribution in [-0.4, -0.2) is 50.0 Å². The molecule has 1 saturated carbocycles. The first-order valence-corrected chi connectivity index (χ1v) is 9.31. The zero-order valence-electron chi connectivity index (χ0n) is 16.2. The molecule has 0 saturated heterocycles. The van der Waals surface area contributed by atoms with Crippen LogP contribution in [0.25, 0.3) is 0 Å². The minimum absolute atomic E-state index is 0.0179. The Morgan fingerprint density at radius 2 is 1.77 bits per heavy atom. The smallest absolute Gasteiger partial charge is 0.238 e. The number of likely N-dealkylation sites (N-methyl/N-ethyl adjacent to an activating group) is 1. The number of benzene rings is 1.